The molecular formula is C46H83N5O23. The number of hydrogen-bond acceptors (Lipinski definition) is 24. The van der Waals surface area contributed by atoms with Crippen LogP contribution < -0.4 is 11.2 Å². The topological polar surface area (TPSA) is 305 Å². The van der Waals surface area contributed by atoms with Gasteiger partial charge in [-0.25, -0.2) is 9.59 Å². The highest BCUT2D eigenvalue weighted by molar-refractivity contribution is 5.59. The number of carbonyl (C=O) groups is 1. The number of ether oxygens (including phenoxy) is 20. The monoisotopic (exact) mass is 1070 g/mol. The lowest BCUT2D eigenvalue weighted by Crippen LogP contribution is -2.33. The van der Waals surface area contributed by atoms with Crippen LogP contribution in [0.15, 0.2) is 20.9 Å². The van der Waals surface area contributed by atoms with Gasteiger partial charge in [-0.1, -0.05) is 5.11 Å². The van der Waals surface area contributed by atoms with Crippen molar-refractivity contribution in [2.24, 2.45) is 5.11 Å². The molecule has 74 heavy (non-hydrogen) atoms. The van der Waals surface area contributed by atoms with E-state index in [4.69, 9.17) is 100 Å². The number of aromatic amines is 1. The first-order chi connectivity index (χ1) is 36.5. The maximum Gasteiger partial charge on any atom is 0.508 e. The number of methoxy groups -OCH3 is 1. The minimum atomic E-state index is -0.964. The summed E-state index contributed by atoms with van der Waals surface area (Å²) in [6.07, 6.45) is -1.12. The zero-order valence-electron chi connectivity index (χ0n) is 43.4. The van der Waals surface area contributed by atoms with Gasteiger partial charge in [0.15, 0.2) is 0 Å². The number of hydrogen-bond donors (Lipinski definition) is 1. The molecule has 1 saturated heterocycles. The van der Waals surface area contributed by atoms with Gasteiger partial charge in [-0.05, 0) is 12.5 Å². The molecule has 1 N–H and O–H groups in total. The van der Waals surface area contributed by atoms with Gasteiger partial charge in [0.25, 0.3) is 5.56 Å². The standard InChI is InChI=1S/C46H83N5O23/c1-40-38-51(45(53)48-44(40)52)43-37-41(49-50-47)42(74-43)39-73-46(54)72-36-35-71-34-33-70-32-31-69-30-29-68-28-27-67-26-25-66-24-23-65-22-21-64-20-19-63-18-17-62-16-15-61-14-13-60-12-11-59-10-9-58-8-7-57-6-5-56-4-3-55-2/h38,41-43H,3-37,39H2,1-2H3,(H,48,52,53)/t41-,42+,43+/m0/s1. The van der Waals surface area contributed by atoms with Crippen LogP contribution in [0.3, 0.4) is 0 Å². The number of H-pyrrole nitrogens is 1. The summed E-state index contributed by atoms with van der Waals surface area (Å²) in [6.45, 7) is 16.3. The Kier molecular flexibility index (Phi) is 45.4. The zero-order chi connectivity index (χ0) is 53.0. The first-order valence-corrected chi connectivity index (χ1v) is 25.0. The molecule has 0 amide bonds. The SMILES string of the molecule is COCCOCCOCCOCCOCCOCCOCCOCCOCCOCCOCCOCCOCCOCCOCCOCCOCCOC(=O)OC[C@H]1O[C@@H](n2cc(C)c(=O)[nH]c2=O)C[C@@H]1N=[N+]=[N-]. The predicted molar refractivity (Wildman–Crippen MR) is 260 cm³/mol. The molecule has 0 bridgehead atoms. The van der Waals surface area contributed by atoms with Crippen molar-refractivity contribution < 1.29 is 99.5 Å². The third kappa shape index (κ3) is 39.0. The Labute approximate surface area is 432 Å². The summed E-state index contributed by atoms with van der Waals surface area (Å²) in [7, 11) is 1.64. The number of carbonyl (C=O) groups excluding carboxylic acids is 1. The lowest BCUT2D eigenvalue weighted by molar-refractivity contribution is -0.0463. The fourth-order valence-electron chi connectivity index (χ4n) is 5.94. The first-order valence-electron chi connectivity index (χ1n) is 25.0. The van der Waals surface area contributed by atoms with Crippen LogP contribution in [0.4, 0.5) is 4.79 Å². The number of azide groups is 1. The molecule has 1 aromatic rings. The van der Waals surface area contributed by atoms with Gasteiger partial charge in [-0.15, -0.1) is 0 Å². The van der Waals surface area contributed by atoms with Crippen LogP contribution in [0.2, 0.25) is 0 Å². The Bertz CT molecular complexity index is 1610. The summed E-state index contributed by atoms with van der Waals surface area (Å²) in [5.74, 6) is 0. The quantitative estimate of drug-likeness (QED) is 0.0311. The van der Waals surface area contributed by atoms with Gasteiger partial charge in [0.2, 0.25) is 0 Å². The van der Waals surface area contributed by atoms with Gasteiger partial charge in [0, 0.05) is 30.2 Å². The number of aryl methyl sites for hydroxylation is 1. The molecule has 1 fully saturated rings. The predicted octanol–water partition coefficient (Wildman–Crippen LogP) is 0.877. The third-order valence-electron chi connectivity index (χ3n) is 9.69. The van der Waals surface area contributed by atoms with Crippen molar-refractivity contribution in [3.05, 3.63) is 43.0 Å². The second kappa shape index (κ2) is 50.4. The lowest BCUT2D eigenvalue weighted by atomic mass is 10.1. The smallest absolute Gasteiger partial charge is 0.432 e. The molecule has 2 heterocycles. The minimum Gasteiger partial charge on any atom is -0.432 e. The summed E-state index contributed by atoms with van der Waals surface area (Å²) in [5, 5.41) is 3.68. The second-order valence-corrected chi connectivity index (χ2v) is 15.3. The maximum absolute atomic E-state index is 12.2. The highest BCUT2D eigenvalue weighted by Gasteiger charge is 2.37. The lowest BCUT2D eigenvalue weighted by Gasteiger charge is -2.16. The van der Waals surface area contributed by atoms with E-state index in [9.17, 15) is 14.4 Å². The van der Waals surface area contributed by atoms with Crippen LogP contribution >= 0.6 is 0 Å². The van der Waals surface area contributed by atoms with Crippen LogP contribution in [0.5, 0.6) is 0 Å². The average Bonchev–Trinajstić information content (AvgIpc) is 3.80. The Morgan fingerprint density at radius 1 is 0.527 bits per heavy atom. The number of aromatic nitrogens is 2. The molecule has 1 aromatic heterocycles. The Balaban J connectivity index is 1.18. The average molecular weight is 1070 g/mol. The summed E-state index contributed by atoms with van der Waals surface area (Å²) in [6, 6.07) is -0.716. The molecule has 3 atom stereocenters. The van der Waals surface area contributed by atoms with E-state index in [2.05, 4.69) is 15.0 Å². The van der Waals surface area contributed by atoms with Crippen LogP contribution in [-0.2, 0) is 94.7 Å². The van der Waals surface area contributed by atoms with E-state index < -0.39 is 35.8 Å². The molecule has 1 aliphatic heterocycles. The van der Waals surface area contributed by atoms with Crippen molar-refractivity contribution in [3.8, 4) is 0 Å². The molecule has 430 valence electrons. The molecule has 28 heteroatoms. The summed E-state index contributed by atoms with van der Waals surface area (Å²) in [4.78, 5) is 41.0. The normalized spacial score (nSPS) is 15.5. The molecule has 1 aliphatic rings. The van der Waals surface area contributed by atoms with Gasteiger partial charge in [0.1, 0.15) is 25.5 Å². The number of rotatable bonds is 55. The maximum atomic E-state index is 12.2. The summed E-state index contributed by atoms with van der Waals surface area (Å²) < 4.78 is 109. The highest BCUT2D eigenvalue weighted by Crippen LogP contribution is 2.30. The molecule has 0 unspecified atom stereocenters. The molecule has 0 saturated carbocycles. The van der Waals surface area contributed by atoms with Crippen LogP contribution in [0.25, 0.3) is 10.4 Å². The third-order valence-corrected chi connectivity index (χ3v) is 9.69. The van der Waals surface area contributed by atoms with E-state index in [1.807, 2.05) is 0 Å². The van der Waals surface area contributed by atoms with Crippen molar-refractivity contribution in [3.63, 3.8) is 0 Å². The van der Waals surface area contributed by atoms with Gasteiger partial charge >= 0.3 is 11.8 Å². The highest BCUT2D eigenvalue weighted by atomic mass is 16.7. The van der Waals surface area contributed by atoms with E-state index in [-0.39, 0.29) is 32.8 Å². The fourth-order valence-corrected chi connectivity index (χ4v) is 5.94. The number of nitrogens with zero attached hydrogens (tertiary/aromatic N) is 4. The largest absolute Gasteiger partial charge is 0.508 e. The van der Waals surface area contributed by atoms with E-state index in [1.165, 1.54) is 10.8 Å². The van der Waals surface area contributed by atoms with E-state index >= 15 is 0 Å². The Hall–Kier alpha value is -3.46. The first kappa shape index (κ1) is 66.7. The van der Waals surface area contributed by atoms with Gasteiger partial charge in [0.05, 0.1) is 224 Å². The minimum absolute atomic E-state index is 0.0625. The van der Waals surface area contributed by atoms with Crippen molar-refractivity contribution in [2.45, 2.75) is 31.7 Å². The number of nitrogens with one attached hydrogen (secondary N) is 1. The van der Waals surface area contributed by atoms with Crippen LogP contribution in [0, 0.1) is 6.92 Å². The van der Waals surface area contributed by atoms with E-state index in [0.717, 1.165) is 0 Å². The molecule has 2 rings (SSSR count). The Morgan fingerprint density at radius 2 is 0.824 bits per heavy atom. The van der Waals surface area contributed by atoms with Gasteiger partial charge in [-0.2, -0.15) is 0 Å². The molecular weight excluding hydrogens is 991 g/mol. The van der Waals surface area contributed by atoms with E-state index in [0.29, 0.717) is 210 Å². The van der Waals surface area contributed by atoms with E-state index in [1.54, 1.807) is 14.0 Å². The zero-order valence-corrected chi connectivity index (χ0v) is 43.4. The molecule has 0 aromatic carbocycles. The van der Waals surface area contributed by atoms with Gasteiger partial charge < -0.3 is 94.7 Å². The summed E-state index contributed by atoms with van der Waals surface area (Å²) >= 11 is 0. The molecule has 28 nitrogen and oxygen atoms in total. The van der Waals surface area contributed by atoms with Crippen molar-refractivity contribution >= 4 is 6.16 Å². The van der Waals surface area contributed by atoms with Crippen molar-refractivity contribution in [1.82, 2.24) is 9.55 Å². The van der Waals surface area contributed by atoms with Gasteiger partial charge in [-0.3, -0.25) is 14.3 Å². The molecule has 0 spiro atoms. The van der Waals surface area contributed by atoms with Crippen LogP contribution in [0.1, 0.15) is 18.2 Å². The fraction of sp³-hybridized carbons (Fsp3) is 0.891. The summed E-state index contributed by atoms with van der Waals surface area (Å²) in [5.41, 5.74) is 8.04. The molecule has 0 radical (unpaired) electrons. The van der Waals surface area contributed by atoms with Crippen molar-refractivity contribution in [1.29, 1.82) is 0 Å². The van der Waals surface area contributed by atoms with Crippen molar-refractivity contribution in [2.75, 3.05) is 238 Å². The second-order valence-electron chi connectivity index (χ2n) is 15.3. The van der Waals surface area contributed by atoms with Crippen LogP contribution in [-0.4, -0.2) is 266 Å². The Morgan fingerprint density at radius 3 is 1.12 bits per heavy atom. The molecule has 0 aliphatic carbocycles.